The molecule has 0 bridgehead atoms. The Bertz CT molecular complexity index is 754. The fraction of sp³-hybridized carbons (Fsp3) is 0.0667. The molecule has 5 nitrogen and oxygen atoms in total. The number of aromatic nitrogens is 3. The third-order valence-electron chi connectivity index (χ3n) is 2.99. The van der Waals surface area contributed by atoms with Gasteiger partial charge in [0.15, 0.2) is 5.82 Å². The molecule has 0 aliphatic carbocycles. The van der Waals surface area contributed by atoms with Gasteiger partial charge in [0.05, 0.1) is 5.69 Å². The molecule has 0 saturated heterocycles. The third-order valence-corrected chi connectivity index (χ3v) is 2.99. The highest BCUT2D eigenvalue weighted by Gasteiger charge is 2.07. The molecule has 0 radical (unpaired) electrons. The van der Waals surface area contributed by atoms with Crippen molar-refractivity contribution in [1.29, 1.82) is 0 Å². The number of alkyl halides is 2. The zero-order chi connectivity index (χ0) is 15.5. The lowest BCUT2D eigenvalue weighted by Gasteiger charge is -2.05. The van der Waals surface area contributed by atoms with Gasteiger partial charge in [-0.3, -0.25) is 0 Å². The van der Waals surface area contributed by atoms with E-state index in [9.17, 15) is 8.78 Å². The molecule has 0 unspecified atom stereocenters. The van der Waals surface area contributed by atoms with E-state index in [2.05, 4.69) is 14.8 Å². The second-order valence-corrected chi connectivity index (χ2v) is 4.51. The van der Waals surface area contributed by atoms with Crippen molar-refractivity contribution in [2.45, 2.75) is 6.61 Å². The van der Waals surface area contributed by atoms with Crippen LogP contribution < -0.4 is 10.5 Å². The number of anilines is 1. The van der Waals surface area contributed by atoms with Crippen LogP contribution in [-0.4, -0.2) is 21.4 Å². The second-order valence-electron chi connectivity index (χ2n) is 4.51. The van der Waals surface area contributed by atoms with Crippen LogP contribution in [0.15, 0.2) is 54.9 Å². The number of hydrogen-bond donors (Lipinski definition) is 1. The van der Waals surface area contributed by atoms with E-state index >= 15 is 0 Å². The van der Waals surface area contributed by atoms with E-state index in [1.165, 1.54) is 12.1 Å². The van der Waals surface area contributed by atoms with Crippen molar-refractivity contribution in [3.63, 3.8) is 0 Å². The summed E-state index contributed by atoms with van der Waals surface area (Å²) in [4.78, 5) is 4.22. The van der Waals surface area contributed by atoms with Gasteiger partial charge in [-0.15, -0.1) is 5.10 Å². The van der Waals surface area contributed by atoms with E-state index in [-0.39, 0.29) is 5.75 Å². The van der Waals surface area contributed by atoms with E-state index in [4.69, 9.17) is 5.73 Å². The first-order valence-corrected chi connectivity index (χ1v) is 6.44. The van der Waals surface area contributed by atoms with Gasteiger partial charge in [0, 0.05) is 11.3 Å². The van der Waals surface area contributed by atoms with Crippen LogP contribution in [0, 0.1) is 0 Å². The number of nitrogens with zero attached hydrogens (tertiary/aromatic N) is 3. The molecule has 22 heavy (non-hydrogen) atoms. The maximum absolute atomic E-state index is 12.1. The van der Waals surface area contributed by atoms with Crippen molar-refractivity contribution >= 4 is 5.69 Å². The van der Waals surface area contributed by atoms with Gasteiger partial charge >= 0.3 is 6.61 Å². The molecule has 0 spiro atoms. The summed E-state index contributed by atoms with van der Waals surface area (Å²) in [5, 5.41) is 4.35. The van der Waals surface area contributed by atoms with Crippen molar-refractivity contribution in [2.24, 2.45) is 0 Å². The maximum Gasteiger partial charge on any atom is 0.387 e. The lowest BCUT2D eigenvalue weighted by molar-refractivity contribution is -0.0498. The van der Waals surface area contributed by atoms with E-state index in [1.54, 1.807) is 35.3 Å². The molecule has 0 atom stereocenters. The summed E-state index contributed by atoms with van der Waals surface area (Å²) < 4.78 is 30.1. The Kier molecular flexibility index (Phi) is 3.69. The molecule has 0 amide bonds. The zero-order valence-corrected chi connectivity index (χ0v) is 11.4. The topological polar surface area (TPSA) is 66.0 Å². The van der Waals surface area contributed by atoms with Crippen molar-refractivity contribution in [1.82, 2.24) is 14.8 Å². The fourth-order valence-corrected chi connectivity index (χ4v) is 1.93. The average molecular weight is 302 g/mol. The third kappa shape index (κ3) is 3.03. The molecule has 2 aromatic carbocycles. The van der Waals surface area contributed by atoms with E-state index in [0.29, 0.717) is 17.2 Å². The zero-order valence-electron chi connectivity index (χ0n) is 11.4. The minimum atomic E-state index is -2.84. The Morgan fingerprint density at radius 3 is 2.32 bits per heavy atom. The molecular weight excluding hydrogens is 290 g/mol. The molecule has 1 aromatic heterocycles. The predicted molar refractivity (Wildman–Crippen MR) is 77.8 cm³/mol. The van der Waals surface area contributed by atoms with Crippen molar-refractivity contribution in [3.05, 3.63) is 54.9 Å². The van der Waals surface area contributed by atoms with Gasteiger partial charge in [0.25, 0.3) is 0 Å². The molecule has 0 saturated carbocycles. The van der Waals surface area contributed by atoms with Gasteiger partial charge < -0.3 is 10.5 Å². The standard InChI is InChI=1S/C15H12F2N4O/c16-15(17)22-13-7-5-12(6-8-13)21-9-19-14(20-21)10-1-3-11(18)4-2-10/h1-9,15H,18H2. The molecule has 3 rings (SSSR count). The maximum atomic E-state index is 12.1. The van der Waals surface area contributed by atoms with Crippen LogP contribution in [0.2, 0.25) is 0 Å². The van der Waals surface area contributed by atoms with Gasteiger partial charge in [-0.25, -0.2) is 9.67 Å². The van der Waals surface area contributed by atoms with Crippen LogP contribution >= 0.6 is 0 Å². The number of hydrogen-bond acceptors (Lipinski definition) is 4. The van der Waals surface area contributed by atoms with Crippen LogP contribution in [0.1, 0.15) is 0 Å². The van der Waals surface area contributed by atoms with Crippen LogP contribution in [0.4, 0.5) is 14.5 Å². The summed E-state index contributed by atoms with van der Waals surface area (Å²) >= 11 is 0. The van der Waals surface area contributed by atoms with Crippen molar-refractivity contribution in [2.75, 3.05) is 5.73 Å². The Labute approximate surface area is 125 Å². The molecule has 112 valence electrons. The summed E-state index contributed by atoms with van der Waals surface area (Å²) in [6.45, 7) is -2.84. The van der Waals surface area contributed by atoms with Crippen molar-refractivity contribution < 1.29 is 13.5 Å². The predicted octanol–water partition coefficient (Wildman–Crippen LogP) is 3.12. The first-order chi connectivity index (χ1) is 10.6. The molecular formula is C15H12F2N4O. The summed E-state index contributed by atoms with van der Waals surface area (Å²) in [5.74, 6) is 0.644. The molecule has 7 heteroatoms. The van der Waals surface area contributed by atoms with Gasteiger partial charge in [0.2, 0.25) is 0 Å². The number of rotatable bonds is 4. The van der Waals surface area contributed by atoms with E-state index in [1.807, 2.05) is 12.1 Å². The normalized spacial score (nSPS) is 10.9. The largest absolute Gasteiger partial charge is 0.435 e. The number of ether oxygens (including phenoxy) is 1. The lowest BCUT2D eigenvalue weighted by Crippen LogP contribution is -2.02. The van der Waals surface area contributed by atoms with E-state index < -0.39 is 6.61 Å². The van der Waals surface area contributed by atoms with Crippen molar-refractivity contribution in [3.8, 4) is 22.8 Å². The summed E-state index contributed by atoms with van der Waals surface area (Å²) in [6, 6.07) is 13.3. The number of nitrogens with two attached hydrogens (primary N) is 1. The molecule has 0 aliphatic rings. The lowest BCUT2D eigenvalue weighted by atomic mass is 10.2. The van der Waals surface area contributed by atoms with Gasteiger partial charge in [-0.2, -0.15) is 8.78 Å². The monoisotopic (exact) mass is 302 g/mol. The Balaban J connectivity index is 1.82. The van der Waals surface area contributed by atoms with Gasteiger partial charge in [0.1, 0.15) is 12.1 Å². The number of nitrogen functional groups attached to an aromatic ring is 1. The van der Waals surface area contributed by atoms with Gasteiger partial charge in [-0.05, 0) is 48.5 Å². The molecule has 0 fully saturated rings. The Hall–Kier alpha value is -2.96. The molecule has 1 heterocycles. The number of halogens is 2. The smallest absolute Gasteiger partial charge is 0.387 e. The Morgan fingerprint density at radius 1 is 1.00 bits per heavy atom. The second kappa shape index (κ2) is 5.80. The van der Waals surface area contributed by atoms with Crippen LogP contribution in [0.25, 0.3) is 17.1 Å². The molecule has 2 N–H and O–H groups in total. The van der Waals surface area contributed by atoms with E-state index in [0.717, 1.165) is 5.56 Å². The number of benzene rings is 2. The summed E-state index contributed by atoms with van der Waals surface area (Å²) in [6.07, 6.45) is 1.55. The highest BCUT2D eigenvalue weighted by molar-refractivity contribution is 5.58. The quantitative estimate of drug-likeness (QED) is 0.752. The summed E-state index contributed by atoms with van der Waals surface area (Å²) in [5.41, 5.74) is 7.83. The van der Waals surface area contributed by atoms with Crippen LogP contribution in [0.5, 0.6) is 5.75 Å². The van der Waals surface area contributed by atoms with Crippen LogP contribution in [-0.2, 0) is 0 Å². The highest BCUT2D eigenvalue weighted by atomic mass is 19.3. The fourth-order valence-electron chi connectivity index (χ4n) is 1.93. The average Bonchev–Trinajstić information content (AvgIpc) is 2.98. The minimum absolute atomic E-state index is 0.0950. The molecule has 0 aliphatic heterocycles. The van der Waals surface area contributed by atoms with Crippen LogP contribution in [0.3, 0.4) is 0 Å². The Morgan fingerprint density at radius 2 is 1.68 bits per heavy atom. The minimum Gasteiger partial charge on any atom is -0.435 e. The first kappa shape index (κ1) is 14.0. The molecule has 3 aromatic rings. The summed E-state index contributed by atoms with van der Waals surface area (Å²) in [7, 11) is 0. The highest BCUT2D eigenvalue weighted by Crippen LogP contribution is 2.19. The first-order valence-electron chi connectivity index (χ1n) is 6.44. The SMILES string of the molecule is Nc1ccc(-c2ncn(-c3ccc(OC(F)F)cc3)n2)cc1. The van der Waals surface area contributed by atoms with Gasteiger partial charge in [-0.1, -0.05) is 0 Å².